The molecule has 0 rings (SSSR count). The van der Waals surface area contributed by atoms with Gasteiger partial charge in [-0.3, -0.25) is 8.94 Å². The SMILES string of the molecule is O=S(=O)(O)OCCCF. The fourth-order valence-electron chi connectivity index (χ4n) is 0.219. The fourth-order valence-corrected chi connectivity index (χ4v) is 0.547. The molecule has 0 aromatic rings. The van der Waals surface area contributed by atoms with Gasteiger partial charge in [0, 0.05) is 6.42 Å². The molecule has 0 bridgehead atoms. The van der Waals surface area contributed by atoms with Gasteiger partial charge in [-0.25, -0.2) is 4.18 Å². The van der Waals surface area contributed by atoms with Crippen LogP contribution in [0.25, 0.3) is 0 Å². The Morgan fingerprint density at radius 1 is 1.56 bits per heavy atom. The van der Waals surface area contributed by atoms with Crippen LogP contribution in [0.2, 0.25) is 0 Å². The molecule has 0 saturated carbocycles. The normalized spacial score (nSPS) is 11.8. The summed E-state index contributed by atoms with van der Waals surface area (Å²) in [7, 11) is -4.36. The molecule has 0 aliphatic carbocycles. The highest BCUT2D eigenvalue weighted by Crippen LogP contribution is 1.88. The lowest BCUT2D eigenvalue weighted by atomic mass is 10.5. The van der Waals surface area contributed by atoms with Crippen molar-refractivity contribution in [3.05, 3.63) is 0 Å². The smallest absolute Gasteiger partial charge is 0.264 e. The van der Waals surface area contributed by atoms with Gasteiger partial charge in [-0.1, -0.05) is 0 Å². The molecule has 0 aromatic carbocycles. The Kier molecular flexibility index (Phi) is 3.67. The van der Waals surface area contributed by atoms with Crippen molar-refractivity contribution < 1.29 is 21.5 Å². The van der Waals surface area contributed by atoms with Gasteiger partial charge in [-0.15, -0.1) is 0 Å². The van der Waals surface area contributed by atoms with Crippen LogP contribution in [-0.2, 0) is 14.6 Å². The van der Waals surface area contributed by atoms with E-state index < -0.39 is 17.1 Å². The Labute approximate surface area is 52.6 Å². The second-order valence-electron chi connectivity index (χ2n) is 1.29. The zero-order valence-electron chi connectivity index (χ0n) is 4.58. The largest absolute Gasteiger partial charge is 0.397 e. The molecule has 6 heteroatoms. The summed E-state index contributed by atoms with van der Waals surface area (Å²) in [5.41, 5.74) is 0. The van der Waals surface area contributed by atoms with Gasteiger partial charge in [0.1, 0.15) is 0 Å². The second-order valence-corrected chi connectivity index (χ2v) is 2.38. The third kappa shape index (κ3) is 7.80. The second kappa shape index (κ2) is 3.76. The minimum absolute atomic E-state index is 0.0280. The van der Waals surface area contributed by atoms with E-state index in [0.717, 1.165) is 0 Å². The summed E-state index contributed by atoms with van der Waals surface area (Å²) < 4.78 is 42.3. The fraction of sp³-hybridized carbons (Fsp3) is 1.00. The quantitative estimate of drug-likeness (QED) is 0.467. The molecular weight excluding hydrogens is 151 g/mol. The van der Waals surface area contributed by atoms with Gasteiger partial charge < -0.3 is 0 Å². The molecule has 0 spiro atoms. The first-order valence-corrected chi connectivity index (χ1v) is 3.60. The summed E-state index contributed by atoms with van der Waals surface area (Å²) in [6.07, 6.45) is -0.0280. The van der Waals surface area contributed by atoms with Crippen molar-refractivity contribution in [2.24, 2.45) is 0 Å². The minimum atomic E-state index is -4.36. The summed E-state index contributed by atoms with van der Waals surface area (Å²) in [6, 6.07) is 0. The van der Waals surface area contributed by atoms with Crippen LogP contribution >= 0.6 is 0 Å². The number of hydrogen-bond acceptors (Lipinski definition) is 3. The number of hydrogen-bond donors (Lipinski definition) is 1. The highest BCUT2D eigenvalue weighted by Gasteiger charge is 2.01. The van der Waals surface area contributed by atoms with Gasteiger partial charge in [-0.2, -0.15) is 8.42 Å². The van der Waals surface area contributed by atoms with Gasteiger partial charge in [0.25, 0.3) is 0 Å². The molecule has 0 atom stereocenters. The Hall–Kier alpha value is -0.200. The molecule has 0 radical (unpaired) electrons. The van der Waals surface area contributed by atoms with E-state index in [-0.39, 0.29) is 13.0 Å². The predicted octanol–water partition coefficient (Wildman–Crippen LogP) is 0.165. The van der Waals surface area contributed by atoms with E-state index in [1.807, 2.05) is 0 Å². The highest BCUT2D eigenvalue weighted by molar-refractivity contribution is 7.80. The van der Waals surface area contributed by atoms with Crippen LogP contribution in [0.5, 0.6) is 0 Å². The molecule has 0 aromatic heterocycles. The lowest BCUT2D eigenvalue weighted by Crippen LogP contribution is -2.04. The molecule has 1 N–H and O–H groups in total. The van der Waals surface area contributed by atoms with E-state index in [1.165, 1.54) is 0 Å². The Morgan fingerprint density at radius 2 is 2.11 bits per heavy atom. The lowest BCUT2D eigenvalue weighted by molar-refractivity contribution is 0.253. The molecule has 4 nitrogen and oxygen atoms in total. The molecule has 0 amide bonds. The van der Waals surface area contributed by atoms with Crippen molar-refractivity contribution in [3.8, 4) is 0 Å². The van der Waals surface area contributed by atoms with E-state index >= 15 is 0 Å². The van der Waals surface area contributed by atoms with E-state index in [9.17, 15) is 12.8 Å². The Morgan fingerprint density at radius 3 is 2.44 bits per heavy atom. The molecule has 56 valence electrons. The van der Waals surface area contributed by atoms with Gasteiger partial charge in [0.05, 0.1) is 13.3 Å². The van der Waals surface area contributed by atoms with Crippen LogP contribution in [0.1, 0.15) is 6.42 Å². The topological polar surface area (TPSA) is 63.6 Å². The van der Waals surface area contributed by atoms with E-state index in [1.54, 1.807) is 0 Å². The van der Waals surface area contributed by atoms with Gasteiger partial charge in [0.15, 0.2) is 0 Å². The molecule has 0 fully saturated rings. The first-order chi connectivity index (χ1) is 4.06. The third-order valence-corrected chi connectivity index (χ3v) is 0.975. The van der Waals surface area contributed by atoms with Gasteiger partial charge >= 0.3 is 10.4 Å². The minimum Gasteiger partial charge on any atom is -0.264 e. The van der Waals surface area contributed by atoms with Crippen molar-refractivity contribution in [3.63, 3.8) is 0 Å². The first-order valence-electron chi connectivity index (χ1n) is 2.24. The van der Waals surface area contributed by atoms with Crippen molar-refractivity contribution in [2.45, 2.75) is 6.42 Å². The Bertz CT molecular complexity index is 151. The van der Waals surface area contributed by atoms with E-state index in [0.29, 0.717) is 0 Å². The third-order valence-electron chi connectivity index (χ3n) is 0.510. The van der Waals surface area contributed by atoms with Crippen molar-refractivity contribution >= 4 is 10.4 Å². The highest BCUT2D eigenvalue weighted by atomic mass is 32.3. The maximum atomic E-state index is 11.2. The average molecular weight is 158 g/mol. The number of rotatable bonds is 4. The van der Waals surface area contributed by atoms with E-state index in [2.05, 4.69) is 4.18 Å². The van der Waals surface area contributed by atoms with Gasteiger partial charge in [0.2, 0.25) is 0 Å². The lowest BCUT2D eigenvalue weighted by Gasteiger charge is -1.93. The predicted molar refractivity (Wildman–Crippen MR) is 28.1 cm³/mol. The van der Waals surface area contributed by atoms with Crippen LogP contribution in [0.3, 0.4) is 0 Å². The van der Waals surface area contributed by atoms with E-state index in [4.69, 9.17) is 4.55 Å². The average Bonchev–Trinajstić information content (AvgIpc) is 1.63. The zero-order chi connectivity index (χ0) is 7.33. The first kappa shape index (κ1) is 8.80. The van der Waals surface area contributed by atoms with Crippen LogP contribution in [-0.4, -0.2) is 26.3 Å². The van der Waals surface area contributed by atoms with Crippen LogP contribution < -0.4 is 0 Å². The number of alkyl halides is 1. The standard InChI is InChI=1S/C3H7FO4S/c4-2-1-3-8-9(5,6)7/h1-3H2,(H,5,6,7). The Balaban J connectivity index is 3.30. The molecular formula is C3H7FO4S. The van der Waals surface area contributed by atoms with Gasteiger partial charge in [-0.05, 0) is 0 Å². The van der Waals surface area contributed by atoms with Crippen LogP contribution in [0.15, 0.2) is 0 Å². The summed E-state index contributed by atoms with van der Waals surface area (Å²) in [4.78, 5) is 0. The molecule has 0 aliphatic rings. The monoisotopic (exact) mass is 158 g/mol. The maximum Gasteiger partial charge on any atom is 0.397 e. The molecule has 0 unspecified atom stereocenters. The van der Waals surface area contributed by atoms with Crippen molar-refractivity contribution in [2.75, 3.05) is 13.3 Å². The molecule has 0 heterocycles. The zero-order valence-corrected chi connectivity index (χ0v) is 5.40. The summed E-state index contributed by atoms with van der Waals surface area (Å²) in [5.74, 6) is 0. The number of halogens is 1. The van der Waals surface area contributed by atoms with Crippen molar-refractivity contribution in [1.82, 2.24) is 0 Å². The maximum absolute atomic E-state index is 11.2. The molecule has 9 heavy (non-hydrogen) atoms. The molecule has 0 saturated heterocycles. The summed E-state index contributed by atoms with van der Waals surface area (Å²) in [5, 5.41) is 0. The van der Waals surface area contributed by atoms with Crippen LogP contribution in [0, 0.1) is 0 Å². The summed E-state index contributed by atoms with van der Waals surface area (Å²) in [6.45, 7) is -0.967. The van der Waals surface area contributed by atoms with Crippen LogP contribution in [0.4, 0.5) is 4.39 Å². The summed E-state index contributed by atoms with van der Waals surface area (Å²) >= 11 is 0. The molecule has 0 aliphatic heterocycles. The van der Waals surface area contributed by atoms with Crippen molar-refractivity contribution in [1.29, 1.82) is 0 Å².